The quantitative estimate of drug-likeness (QED) is 0.919. The molecule has 18 heavy (non-hydrogen) atoms. The van der Waals surface area contributed by atoms with Crippen LogP contribution in [0, 0.1) is 28.6 Å². The Morgan fingerprint density at radius 1 is 1.33 bits per heavy atom. The molecular weight excluding hydrogens is 267 g/mol. The highest BCUT2D eigenvalue weighted by atomic mass is 35.5. The van der Waals surface area contributed by atoms with Crippen molar-refractivity contribution in [2.24, 2.45) is 5.92 Å². The first-order valence-electron chi connectivity index (χ1n) is 4.78. The van der Waals surface area contributed by atoms with E-state index >= 15 is 0 Å². The van der Waals surface area contributed by atoms with E-state index in [0.29, 0.717) is 0 Å². The average Bonchev–Trinajstić information content (AvgIpc) is 2.30. The molecule has 0 amide bonds. The Morgan fingerprint density at radius 2 is 2.00 bits per heavy atom. The predicted octanol–water partition coefficient (Wildman–Crippen LogP) is 3.33. The van der Waals surface area contributed by atoms with Crippen LogP contribution in [0.2, 0.25) is 5.02 Å². The van der Waals surface area contributed by atoms with Gasteiger partial charge in [-0.2, -0.15) is 23.7 Å². The molecule has 0 radical (unpaired) electrons. The zero-order valence-electron chi connectivity index (χ0n) is 8.92. The minimum Gasteiger partial charge on any atom is -0.382 e. The number of hydrogen-bond acceptors (Lipinski definition) is 3. The van der Waals surface area contributed by atoms with E-state index in [0.717, 1.165) is 6.07 Å². The van der Waals surface area contributed by atoms with Gasteiger partial charge >= 0.3 is 6.18 Å². The van der Waals surface area contributed by atoms with Gasteiger partial charge in [0.15, 0.2) is 5.92 Å². The maximum atomic E-state index is 12.3. The molecule has 0 fully saturated rings. The van der Waals surface area contributed by atoms with Crippen LogP contribution in [-0.2, 0) is 0 Å². The zero-order chi connectivity index (χ0) is 13.8. The Balaban J connectivity index is 2.81. The molecule has 0 aliphatic rings. The molecule has 1 N–H and O–H groups in total. The third-order valence-electron chi connectivity index (χ3n) is 2.14. The lowest BCUT2D eigenvalue weighted by Gasteiger charge is -2.15. The molecule has 0 heterocycles. The van der Waals surface area contributed by atoms with E-state index in [-0.39, 0.29) is 16.3 Å². The van der Waals surface area contributed by atoms with Crippen LogP contribution in [0.4, 0.5) is 18.9 Å². The van der Waals surface area contributed by atoms with E-state index in [4.69, 9.17) is 22.1 Å². The Kier molecular flexibility index (Phi) is 4.41. The molecular formula is C11H7ClF3N3. The summed E-state index contributed by atoms with van der Waals surface area (Å²) in [6.45, 7) is -0.616. The van der Waals surface area contributed by atoms with Crippen molar-refractivity contribution in [3.05, 3.63) is 28.8 Å². The van der Waals surface area contributed by atoms with Crippen molar-refractivity contribution in [3.8, 4) is 12.1 Å². The Morgan fingerprint density at radius 3 is 2.50 bits per heavy atom. The average molecular weight is 274 g/mol. The molecule has 0 bridgehead atoms. The van der Waals surface area contributed by atoms with Gasteiger partial charge in [-0.05, 0) is 18.2 Å². The van der Waals surface area contributed by atoms with Gasteiger partial charge in [0.05, 0.1) is 28.4 Å². The molecule has 1 unspecified atom stereocenters. The second kappa shape index (κ2) is 5.61. The summed E-state index contributed by atoms with van der Waals surface area (Å²) in [7, 11) is 0. The molecule has 1 rings (SSSR count). The van der Waals surface area contributed by atoms with Gasteiger partial charge < -0.3 is 5.32 Å². The SMILES string of the molecule is N#Cc1ccc(Cl)c(NCC(C#N)C(F)(F)F)c1. The molecule has 1 atom stereocenters. The van der Waals surface area contributed by atoms with Gasteiger partial charge in [-0.3, -0.25) is 0 Å². The van der Waals surface area contributed by atoms with Crippen molar-refractivity contribution in [2.75, 3.05) is 11.9 Å². The lowest BCUT2D eigenvalue weighted by atomic mass is 10.1. The van der Waals surface area contributed by atoms with E-state index in [2.05, 4.69) is 5.32 Å². The first-order chi connectivity index (χ1) is 8.38. The first-order valence-corrected chi connectivity index (χ1v) is 5.16. The number of nitriles is 2. The van der Waals surface area contributed by atoms with Gasteiger partial charge in [-0.25, -0.2) is 0 Å². The molecule has 1 aromatic carbocycles. The van der Waals surface area contributed by atoms with Crippen LogP contribution < -0.4 is 5.32 Å². The lowest BCUT2D eigenvalue weighted by Crippen LogP contribution is -2.28. The molecule has 0 saturated heterocycles. The molecule has 0 aliphatic heterocycles. The fourth-order valence-corrected chi connectivity index (χ4v) is 1.36. The minimum atomic E-state index is -4.60. The summed E-state index contributed by atoms with van der Waals surface area (Å²) < 4.78 is 37.0. The number of hydrogen-bond donors (Lipinski definition) is 1. The second-order valence-corrected chi connectivity index (χ2v) is 3.82. The lowest BCUT2D eigenvalue weighted by molar-refractivity contribution is -0.155. The smallest absolute Gasteiger partial charge is 0.382 e. The molecule has 0 aromatic heterocycles. The highest BCUT2D eigenvalue weighted by Crippen LogP contribution is 2.28. The minimum absolute atomic E-state index is 0.188. The van der Waals surface area contributed by atoms with Crippen LogP contribution in [0.5, 0.6) is 0 Å². The third kappa shape index (κ3) is 3.54. The van der Waals surface area contributed by atoms with Gasteiger partial charge in [0, 0.05) is 6.54 Å². The Hall–Kier alpha value is -1.92. The standard InChI is InChI=1S/C11H7ClF3N3/c12-9-2-1-7(4-16)3-10(9)18-6-8(5-17)11(13,14)15/h1-3,8,18H,6H2. The monoisotopic (exact) mass is 273 g/mol. The summed E-state index contributed by atoms with van der Waals surface area (Å²) in [5, 5.41) is 19.7. The van der Waals surface area contributed by atoms with E-state index in [1.165, 1.54) is 18.2 Å². The summed E-state index contributed by atoms with van der Waals surface area (Å²) in [6.07, 6.45) is -4.60. The van der Waals surface area contributed by atoms with Crippen LogP contribution in [0.15, 0.2) is 18.2 Å². The molecule has 94 valence electrons. The van der Waals surface area contributed by atoms with Crippen molar-refractivity contribution in [1.82, 2.24) is 0 Å². The maximum Gasteiger partial charge on any atom is 0.406 e. The number of nitrogens with one attached hydrogen (secondary N) is 1. The summed E-state index contributed by atoms with van der Waals surface area (Å²) >= 11 is 5.76. The molecule has 0 aliphatic carbocycles. The Labute approximate surface area is 106 Å². The maximum absolute atomic E-state index is 12.3. The summed E-state index contributed by atoms with van der Waals surface area (Å²) in [6, 6.07) is 7.18. The molecule has 0 spiro atoms. The zero-order valence-corrected chi connectivity index (χ0v) is 9.68. The van der Waals surface area contributed by atoms with Crippen molar-refractivity contribution >= 4 is 17.3 Å². The van der Waals surface area contributed by atoms with Gasteiger partial charge in [-0.15, -0.1) is 0 Å². The van der Waals surface area contributed by atoms with Crippen LogP contribution in [0.25, 0.3) is 0 Å². The summed E-state index contributed by atoms with van der Waals surface area (Å²) in [5.41, 5.74) is 0.461. The van der Waals surface area contributed by atoms with Gasteiger partial charge in [0.25, 0.3) is 0 Å². The van der Waals surface area contributed by atoms with Crippen LogP contribution in [-0.4, -0.2) is 12.7 Å². The van der Waals surface area contributed by atoms with Crippen molar-refractivity contribution < 1.29 is 13.2 Å². The van der Waals surface area contributed by atoms with Crippen molar-refractivity contribution in [3.63, 3.8) is 0 Å². The molecule has 7 heteroatoms. The fourth-order valence-electron chi connectivity index (χ4n) is 1.18. The van der Waals surface area contributed by atoms with E-state index in [1.807, 2.05) is 6.07 Å². The van der Waals surface area contributed by atoms with E-state index in [1.54, 1.807) is 0 Å². The highest BCUT2D eigenvalue weighted by molar-refractivity contribution is 6.33. The number of benzene rings is 1. The first kappa shape index (κ1) is 14.1. The second-order valence-electron chi connectivity index (χ2n) is 3.41. The number of alkyl halides is 3. The Bertz CT molecular complexity index is 514. The van der Waals surface area contributed by atoms with Crippen molar-refractivity contribution in [1.29, 1.82) is 10.5 Å². The number of nitrogens with zero attached hydrogens (tertiary/aromatic N) is 2. The topological polar surface area (TPSA) is 59.6 Å². The van der Waals surface area contributed by atoms with Crippen LogP contribution in [0.3, 0.4) is 0 Å². The van der Waals surface area contributed by atoms with E-state index < -0.39 is 18.6 Å². The fraction of sp³-hybridized carbons (Fsp3) is 0.273. The van der Waals surface area contributed by atoms with Crippen LogP contribution >= 0.6 is 11.6 Å². The molecule has 3 nitrogen and oxygen atoms in total. The number of halogens is 4. The third-order valence-corrected chi connectivity index (χ3v) is 2.47. The summed E-state index contributed by atoms with van der Waals surface area (Å²) in [4.78, 5) is 0. The van der Waals surface area contributed by atoms with E-state index in [9.17, 15) is 13.2 Å². The molecule has 0 saturated carbocycles. The largest absolute Gasteiger partial charge is 0.406 e. The molecule has 1 aromatic rings. The number of anilines is 1. The van der Waals surface area contributed by atoms with Gasteiger partial charge in [-0.1, -0.05) is 11.6 Å². The summed E-state index contributed by atoms with van der Waals surface area (Å²) in [5.74, 6) is -2.13. The highest BCUT2D eigenvalue weighted by Gasteiger charge is 2.39. The number of rotatable bonds is 3. The predicted molar refractivity (Wildman–Crippen MR) is 59.8 cm³/mol. The normalized spacial score (nSPS) is 12.3. The van der Waals surface area contributed by atoms with Gasteiger partial charge in [0.1, 0.15) is 0 Å². The van der Waals surface area contributed by atoms with Crippen molar-refractivity contribution in [2.45, 2.75) is 6.18 Å². The van der Waals surface area contributed by atoms with Crippen LogP contribution in [0.1, 0.15) is 5.56 Å². The van der Waals surface area contributed by atoms with Gasteiger partial charge in [0.2, 0.25) is 0 Å².